The van der Waals surface area contributed by atoms with Crippen molar-refractivity contribution in [3.05, 3.63) is 34.1 Å². The van der Waals surface area contributed by atoms with Crippen LogP contribution in [0.5, 0.6) is 0 Å². The van der Waals surface area contributed by atoms with Gasteiger partial charge in [-0.1, -0.05) is 48.3 Å². The van der Waals surface area contributed by atoms with Gasteiger partial charge in [0, 0.05) is 11.6 Å². The Morgan fingerprint density at radius 2 is 2.04 bits per heavy atom. The fraction of sp³-hybridized carbons (Fsp3) is 0.312. The summed E-state index contributed by atoms with van der Waals surface area (Å²) < 4.78 is 5.65. The highest BCUT2D eigenvalue weighted by Crippen LogP contribution is 2.31. The lowest BCUT2D eigenvalue weighted by molar-refractivity contribution is 0.465. The topological polar surface area (TPSA) is 116 Å². The minimum Gasteiger partial charge on any atom is -0.411 e. The lowest BCUT2D eigenvalue weighted by Gasteiger charge is -2.06. The van der Waals surface area contributed by atoms with Crippen LogP contribution in [0.2, 0.25) is 10.0 Å². The predicted molar refractivity (Wildman–Crippen MR) is 107 cm³/mol. The van der Waals surface area contributed by atoms with Crippen molar-refractivity contribution in [2.75, 3.05) is 17.6 Å². The lowest BCUT2D eigenvalue weighted by atomic mass is 10.2. The number of unbranched alkanes of at least 4 members (excludes halogenated alkanes) is 1. The molecular formula is C16H17Cl2N7OS. The number of hydrogen-bond acceptors (Lipinski definition) is 9. The van der Waals surface area contributed by atoms with Gasteiger partial charge in [0.05, 0.1) is 16.3 Å². The van der Waals surface area contributed by atoms with Crippen molar-refractivity contribution in [1.29, 1.82) is 0 Å². The quantitative estimate of drug-likeness (QED) is 0.401. The van der Waals surface area contributed by atoms with E-state index in [-0.39, 0.29) is 5.95 Å². The molecule has 3 aromatic rings. The average molecular weight is 426 g/mol. The Bertz CT molecular complexity index is 922. The third-order valence-corrected chi connectivity index (χ3v) is 4.77. The lowest BCUT2D eigenvalue weighted by Crippen LogP contribution is -2.10. The first-order valence-corrected chi connectivity index (χ1v) is 9.95. The summed E-state index contributed by atoms with van der Waals surface area (Å²) in [4.78, 5) is 12.6. The SMILES string of the molecule is CCCCNc1nc(N)nc(CSc2nnc(-c3ccc(Cl)cc3Cl)o2)n1. The second kappa shape index (κ2) is 9.20. The number of anilines is 2. The van der Waals surface area contributed by atoms with Gasteiger partial charge in [0.1, 0.15) is 5.82 Å². The Kier molecular flexibility index (Phi) is 6.70. The van der Waals surface area contributed by atoms with E-state index in [2.05, 4.69) is 37.4 Å². The van der Waals surface area contributed by atoms with Crippen molar-refractivity contribution in [3.8, 4) is 11.5 Å². The van der Waals surface area contributed by atoms with Crippen molar-refractivity contribution < 1.29 is 4.42 Å². The average Bonchev–Trinajstić information content (AvgIpc) is 3.08. The van der Waals surface area contributed by atoms with E-state index < -0.39 is 0 Å². The molecular weight excluding hydrogens is 409 g/mol. The zero-order valence-corrected chi connectivity index (χ0v) is 16.8. The van der Waals surface area contributed by atoms with E-state index in [9.17, 15) is 0 Å². The molecule has 2 aromatic heterocycles. The van der Waals surface area contributed by atoms with Crippen LogP contribution in [0.15, 0.2) is 27.8 Å². The molecule has 11 heteroatoms. The van der Waals surface area contributed by atoms with Crippen LogP contribution in [0.4, 0.5) is 11.9 Å². The second-order valence-electron chi connectivity index (χ2n) is 5.50. The molecule has 3 N–H and O–H groups in total. The van der Waals surface area contributed by atoms with E-state index in [1.54, 1.807) is 18.2 Å². The molecule has 0 fully saturated rings. The number of benzene rings is 1. The van der Waals surface area contributed by atoms with Gasteiger partial charge in [-0.3, -0.25) is 0 Å². The monoisotopic (exact) mass is 425 g/mol. The summed E-state index contributed by atoms with van der Waals surface area (Å²) in [6.45, 7) is 2.89. The predicted octanol–water partition coefficient (Wildman–Crippen LogP) is 4.31. The summed E-state index contributed by atoms with van der Waals surface area (Å²) in [5.74, 6) is 1.88. The maximum Gasteiger partial charge on any atom is 0.277 e. The number of halogens is 2. The third kappa shape index (κ3) is 5.44. The molecule has 2 heterocycles. The first-order chi connectivity index (χ1) is 13.0. The molecule has 0 aliphatic heterocycles. The molecule has 0 saturated carbocycles. The Morgan fingerprint density at radius 1 is 1.19 bits per heavy atom. The molecule has 3 rings (SSSR count). The fourth-order valence-electron chi connectivity index (χ4n) is 2.12. The van der Waals surface area contributed by atoms with Crippen LogP contribution < -0.4 is 11.1 Å². The molecule has 142 valence electrons. The van der Waals surface area contributed by atoms with Gasteiger partial charge in [-0.25, -0.2) is 0 Å². The van der Waals surface area contributed by atoms with Gasteiger partial charge in [0.2, 0.25) is 17.8 Å². The largest absolute Gasteiger partial charge is 0.411 e. The molecule has 27 heavy (non-hydrogen) atoms. The Balaban J connectivity index is 1.66. The number of nitrogens with one attached hydrogen (secondary N) is 1. The standard InChI is InChI=1S/C16H17Cl2N7OS/c1-2-3-6-20-15-22-12(21-14(19)23-15)8-27-16-25-24-13(26-16)10-5-4-9(17)7-11(10)18/h4-5,7H,2-3,6,8H2,1H3,(H3,19,20,21,22,23). The Labute approximate surface area is 170 Å². The molecule has 0 radical (unpaired) electrons. The van der Waals surface area contributed by atoms with Gasteiger partial charge in [-0.15, -0.1) is 10.2 Å². The van der Waals surface area contributed by atoms with Crippen molar-refractivity contribution in [2.45, 2.75) is 30.7 Å². The van der Waals surface area contributed by atoms with Gasteiger partial charge >= 0.3 is 0 Å². The van der Waals surface area contributed by atoms with Gasteiger partial charge in [-0.05, 0) is 24.6 Å². The number of nitrogens with zero attached hydrogens (tertiary/aromatic N) is 5. The molecule has 0 bridgehead atoms. The number of thioether (sulfide) groups is 1. The normalized spacial score (nSPS) is 10.9. The molecule has 0 aliphatic rings. The molecule has 0 unspecified atom stereocenters. The minimum atomic E-state index is 0.166. The molecule has 0 aliphatic carbocycles. The highest BCUT2D eigenvalue weighted by Gasteiger charge is 2.14. The zero-order chi connectivity index (χ0) is 19.2. The van der Waals surface area contributed by atoms with Crippen LogP contribution in [0.25, 0.3) is 11.5 Å². The van der Waals surface area contributed by atoms with Gasteiger partial charge in [0.25, 0.3) is 5.22 Å². The van der Waals surface area contributed by atoms with E-state index in [1.165, 1.54) is 11.8 Å². The number of nitrogen functional groups attached to an aromatic ring is 1. The summed E-state index contributed by atoms with van der Waals surface area (Å²) in [5.41, 5.74) is 6.37. The van der Waals surface area contributed by atoms with Gasteiger partial charge in [-0.2, -0.15) is 15.0 Å². The van der Waals surface area contributed by atoms with Crippen molar-refractivity contribution in [1.82, 2.24) is 25.1 Å². The van der Waals surface area contributed by atoms with Gasteiger partial charge < -0.3 is 15.5 Å². The molecule has 8 nitrogen and oxygen atoms in total. The van der Waals surface area contributed by atoms with Gasteiger partial charge in [0.15, 0.2) is 0 Å². The number of rotatable bonds is 8. The van der Waals surface area contributed by atoms with E-state index >= 15 is 0 Å². The van der Waals surface area contributed by atoms with Crippen LogP contribution in [0.1, 0.15) is 25.6 Å². The third-order valence-electron chi connectivity index (χ3n) is 3.41. The molecule has 1 aromatic carbocycles. The second-order valence-corrected chi connectivity index (χ2v) is 7.27. The summed E-state index contributed by atoms with van der Waals surface area (Å²) >= 11 is 13.4. The Hall–Kier alpha value is -2.10. The zero-order valence-electron chi connectivity index (χ0n) is 14.4. The molecule has 0 amide bonds. The van der Waals surface area contributed by atoms with Crippen molar-refractivity contribution >= 4 is 46.9 Å². The van der Waals surface area contributed by atoms with Crippen molar-refractivity contribution in [2.24, 2.45) is 0 Å². The number of aromatic nitrogens is 5. The highest BCUT2D eigenvalue weighted by molar-refractivity contribution is 7.98. The van der Waals surface area contributed by atoms with E-state index in [1.807, 2.05) is 0 Å². The number of nitrogens with two attached hydrogens (primary N) is 1. The Morgan fingerprint density at radius 3 is 2.81 bits per heavy atom. The minimum absolute atomic E-state index is 0.166. The van der Waals surface area contributed by atoms with E-state index in [0.717, 1.165) is 19.4 Å². The molecule has 0 spiro atoms. The molecule has 0 saturated heterocycles. The van der Waals surface area contributed by atoms with Crippen LogP contribution in [-0.4, -0.2) is 31.7 Å². The van der Waals surface area contributed by atoms with Crippen LogP contribution in [0.3, 0.4) is 0 Å². The van der Waals surface area contributed by atoms with Crippen LogP contribution in [0, 0.1) is 0 Å². The summed E-state index contributed by atoms with van der Waals surface area (Å²) in [6, 6.07) is 5.06. The van der Waals surface area contributed by atoms with Crippen LogP contribution in [-0.2, 0) is 5.75 Å². The maximum atomic E-state index is 6.17. The first kappa shape index (κ1) is 19.7. The summed E-state index contributed by atoms with van der Waals surface area (Å²) in [7, 11) is 0. The van der Waals surface area contributed by atoms with Crippen molar-refractivity contribution in [3.63, 3.8) is 0 Å². The van der Waals surface area contributed by atoms with E-state index in [0.29, 0.717) is 44.2 Å². The number of hydrogen-bond donors (Lipinski definition) is 2. The fourth-order valence-corrected chi connectivity index (χ4v) is 3.23. The first-order valence-electron chi connectivity index (χ1n) is 8.21. The smallest absolute Gasteiger partial charge is 0.277 e. The summed E-state index contributed by atoms with van der Waals surface area (Å²) in [5, 5.41) is 12.5. The maximum absolute atomic E-state index is 6.17. The van der Waals surface area contributed by atoms with E-state index in [4.69, 9.17) is 33.4 Å². The highest BCUT2D eigenvalue weighted by atomic mass is 35.5. The summed E-state index contributed by atoms with van der Waals surface area (Å²) in [6.07, 6.45) is 2.10. The molecule has 0 atom stereocenters. The van der Waals surface area contributed by atoms with Crippen LogP contribution >= 0.6 is 35.0 Å².